The minimum absolute atomic E-state index is 0.0358. The Morgan fingerprint density at radius 1 is 1.43 bits per heavy atom. The van der Waals surface area contributed by atoms with Crippen LogP contribution in [0.15, 0.2) is 24.3 Å². The quantitative estimate of drug-likeness (QED) is 0.827. The molecule has 3 heteroatoms. The summed E-state index contributed by atoms with van der Waals surface area (Å²) in [6.07, 6.45) is 0. The standard InChI is InChI=1S/C11H14BrNO/c1-8(7-12)10-3-5-11(6-4-10)13-9(2)14/h3-6,8H,7H2,1-2H3,(H,13,14). The molecule has 14 heavy (non-hydrogen) atoms. The Kier molecular flexibility index (Phi) is 4.14. The molecule has 0 spiro atoms. The smallest absolute Gasteiger partial charge is 0.221 e. The Labute approximate surface area is 92.8 Å². The Morgan fingerprint density at radius 3 is 2.43 bits per heavy atom. The first-order chi connectivity index (χ1) is 6.63. The molecule has 0 aliphatic rings. The normalized spacial score (nSPS) is 12.2. The highest BCUT2D eigenvalue weighted by atomic mass is 79.9. The molecule has 1 aromatic carbocycles. The largest absolute Gasteiger partial charge is 0.326 e. The van der Waals surface area contributed by atoms with Crippen molar-refractivity contribution in [2.24, 2.45) is 0 Å². The van der Waals surface area contributed by atoms with Crippen LogP contribution in [0.25, 0.3) is 0 Å². The van der Waals surface area contributed by atoms with Crippen LogP contribution in [0.5, 0.6) is 0 Å². The van der Waals surface area contributed by atoms with E-state index in [0.717, 1.165) is 11.0 Å². The minimum Gasteiger partial charge on any atom is -0.326 e. The highest BCUT2D eigenvalue weighted by Crippen LogP contribution is 2.19. The lowest BCUT2D eigenvalue weighted by Gasteiger charge is -2.08. The second kappa shape index (κ2) is 5.15. The molecule has 0 aromatic heterocycles. The van der Waals surface area contributed by atoms with Crippen molar-refractivity contribution in [3.63, 3.8) is 0 Å². The number of alkyl halides is 1. The molecule has 1 unspecified atom stereocenters. The summed E-state index contributed by atoms with van der Waals surface area (Å²) in [6, 6.07) is 7.93. The van der Waals surface area contributed by atoms with Crippen molar-refractivity contribution in [2.75, 3.05) is 10.6 Å². The van der Waals surface area contributed by atoms with Gasteiger partial charge in [0.05, 0.1) is 0 Å². The second-order valence-electron chi connectivity index (χ2n) is 3.36. The van der Waals surface area contributed by atoms with Gasteiger partial charge in [-0.15, -0.1) is 0 Å². The summed E-state index contributed by atoms with van der Waals surface area (Å²) in [6.45, 7) is 3.66. The van der Waals surface area contributed by atoms with E-state index in [9.17, 15) is 4.79 Å². The van der Waals surface area contributed by atoms with Crippen LogP contribution in [0, 0.1) is 0 Å². The van der Waals surface area contributed by atoms with E-state index in [0.29, 0.717) is 5.92 Å². The van der Waals surface area contributed by atoms with Gasteiger partial charge in [0.1, 0.15) is 0 Å². The molecule has 1 aromatic rings. The molecule has 1 atom stereocenters. The Balaban J connectivity index is 2.73. The highest BCUT2D eigenvalue weighted by Gasteiger charge is 2.03. The lowest BCUT2D eigenvalue weighted by atomic mass is 10.0. The van der Waals surface area contributed by atoms with Gasteiger partial charge < -0.3 is 5.32 Å². The maximum atomic E-state index is 10.8. The zero-order chi connectivity index (χ0) is 10.6. The van der Waals surface area contributed by atoms with Crippen LogP contribution in [-0.4, -0.2) is 11.2 Å². The number of carbonyl (C=O) groups excluding carboxylic acids is 1. The molecule has 0 aliphatic carbocycles. The molecule has 0 bridgehead atoms. The molecule has 0 fully saturated rings. The highest BCUT2D eigenvalue weighted by molar-refractivity contribution is 9.09. The van der Waals surface area contributed by atoms with Crippen molar-refractivity contribution in [3.05, 3.63) is 29.8 Å². The van der Waals surface area contributed by atoms with Crippen molar-refractivity contribution < 1.29 is 4.79 Å². The lowest BCUT2D eigenvalue weighted by molar-refractivity contribution is -0.114. The SMILES string of the molecule is CC(=O)Nc1ccc(C(C)CBr)cc1. The molecule has 0 saturated heterocycles. The van der Waals surface area contributed by atoms with Gasteiger partial charge in [-0.1, -0.05) is 35.0 Å². The van der Waals surface area contributed by atoms with Gasteiger partial charge in [0.2, 0.25) is 5.91 Å². The molecule has 0 radical (unpaired) electrons. The fraction of sp³-hybridized carbons (Fsp3) is 0.364. The first-order valence-corrected chi connectivity index (χ1v) is 5.69. The van der Waals surface area contributed by atoms with Gasteiger partial charge in [-0.3, -0.25) is 4.79 Å². The molecular formula is C11H14BrNO. The molecule has 1 N–H and O–H groups in total. The minimum atomic E-state index is -0.0358. The van der Waals surface area contributed by atoms with Gasteiger partial charge in [-0.2, -0.15) is 0 Å². The van der Waals surface area contributed by atoms with Gasteiger partial charge in [0.25, 0.3) is 0 Å². The van der Waals surface area contributed by atoms with Gasteiger partial charge in [0, 0.05) is 17.9 Å². The number of anilines is 1. The van der Waals surface area contributed by atoms with Gasteiger partial charge in [0.15, 0.2) is 0 Å². The van der Waals surface area contributed by atoms with Crippen LogP contribution in [0.4, 0.5) is 5.69 Å². The van der Waals surface area contributed by atoms with E-state index in [4.69, 9.17) is 0 Å². The number of hydrogen-bond acceptors (Lipinski definition) is 1. The third-order valence-corrected chi connectivity index (χ3v) is 3.00. The molecular weight excluding hydrogens is 242 g/mol. The zero-order valence-electron chi connectivity index (χ0n) is 8.38. The van der Waals surface area contributed by atoms with Crippen molar-refractivity contribution in [1.29, 1.82) is 0 Å². The number of amides is 1. The summed E-state index contributed by atoms with van der Waals surface area (Å²) < 4.78 is 0. The third kappa shape index (κ3) is 3.14. The lowest BCUT2D eigenvalue weighted by Crippen LogP contribution is -2.05. The van der Waals surface area contributed by atoms with Crippen LogP contribution in [0.3, 0.4) is 0 Å². The van der Waals surface area contributed by atoms with E-state index < -0.39 is 0 Å². The van der Waals surface area contributed by atoms with E-state index >= 15 is 0 Å². The summed E-state index contributed by atoms with van der Waals surface area (Å²) >= 11 is 3.44. The van der Waals surface area contributed by atoms with Gasteiger partial charge in [-0.05, 0) is 23.6 Å². The topological polar surface area (TPSA) is 29.1 Å². The van der Waals surface area contributed by atoms with Gasteiger partial charge >= 0.3 is 0 Å². The number of rotatable bonds is 3. The fourth-order valence-electron chi connectivity index (χ4n) is 1.19. The third-order valence-electron chi connectivity index (χ3n) is 2.03. The molecule has 0 aliphatic heterocycles. The van der Waals surface area contributed by atoms with E-state index in [2.05, 4.69) is 28.2 Å². The molecule has 0 saturated carbocycles. The van der Waals surface area contributed by atoms with E-state index in [1.807, 2.05) is 24.3 Å². The molecule has 2 nitrogen and oxygen atoms in total. The monoisotopic (exact) mass is 255 g/mol. The van der Waals surface area contributed by atoms with Crippen LogP contribution in [-0.2, 0) is 4.79 Å². The first kappa shape index (κ1) is 11.2. The van der Waals surface area contributed by atoms with Crippen molar-refractivity contribution in [1.82, 2.24) is 0 Å². The Morgan fingerprint density at radius 2 is 2.00 bits per heavy atom. The number of hydrogen-bond donors (Lipinski definition) is 1. The van der Waals surface area contributed by atoms with Crippen molar-refractivity contribution in [2.45, 2.75) is 19.8 Å². The molecule has 76 valence electrons. The predicted octanol–water partition coefficient (Wildman–Crippen LogP) is 3.14. The van der Waals surface area contributed by atoms with Crippen molar-refractivity contribution >= 4 is 27.5 Å². The molecule has 1 amide bonds. The fourth-order valence-corrected chi connectivity index (χ4v) is 1.56. The molecule has 0 heterocycles. The number of nitrogens with one attached hydrogen (secondary N) is 1. The Hall–Kier alpha value is -0.830. The number of benzene rings is 1. The predicted molar refractivity (Wildman–Crippen MR) is 63.0 cm³/mol. The van der Waals surface area contributed by atoms with E-state index in [1.165, 1.54) is 12.5 Å². The Bertz CT molecular complexity index is 308. The maximum absolute atomic E-state index is 10.8. The average Bonchev–Trinajstić information content (AvgIpc) is 2.17. The summed E-state index contributed by atoms with van der Waals surface area (Å²) in [7, 11) is 0. The summed E-state index contributed by atoms with van der Waals surface area (Å²) in [4.78, 5) is 10.8. The van der Waals surface area contributed by atoms with Crippen molar-refractivity contribution in [3.8, 4) is 0 Å². The summed E-state index contributed by atoms with van der Waals surface area (Å²) in [5.74, 6) is 0.465. The van der Waals surface area contributed by atoms with Crippen LogP contribution < -0.4 is 5.32 Å². The maximum Gasteiger partial charge on any atom is 0.221 e. The van der Waals surface area contributed by atoms with Crippen LogP contribution in [0.2, 0.25) is 0 Å². The number of halogens is 1. The molecule has 1 rings (SSSR count). The first-order valence-electron chi connectivity index (χ1n) is 4.57. The zero-order valence-corrected chi connectivity index (χ0v) is 9.97. The van der Waals surface area contributed by atoms with E-state index in [1.54, 1.807) is 0 Å². The average molecular weight is 256 g/mol. The summed E-state index contributed by atoms with van der Waals surface area (Å²) in [5.41, 5.74) is 2.12. The van der Waals surface area contributed by atoms with Crippen LogP contribution >= 0.6 is 15.9 Å². The van der Waals surface area contributed by atoms with E-state index in [-0.39, 0.29) is 5.91 Å². The summed E-state index contributed by atoms with van der Waals surface area (Å²) in [5, 5.41) is 3.69. The van der Waals surface area contributed by atoms with Gasteiger partial charge in [-0.25, -0.2) is 0 Å². The second-order valence-corrected chi connectivity index (χ2v) is 4.01. The van der Waals surface area contributed by atoms with Crippen LogP contribution in [0.1, 0.15) is 25.3 Å². The number of carbonyl (C=O) groups is 1.